The van der Waals surface area contributed by atoms with E-state index < -0.39 is 11.6 Å². The van der Waals surface area contributed by atoms with Gasteiger partial charge in [0.2, 0.25) is 0 Å². The van der Waals surface area contributed by atoms with Crippen molar-refractivity contribution >= 4 is 11.6 Å². The normalized spacial score (nSPS) is 12.4. The van der Waals surface area contributed by atoms with Crippen molar-refractivity contribution in [3.05, 3.63) is 70.2 Å². The molecular formula is C15H14ClF2N. The van der Waals surface area contributed by atoms with Gasteiger partial charge in [-0.15, -0.1) is 0 Å². The Labute approximate surface area is 116 Å². The first-order chi connectivity index (χ1) is 9.08. The molecular weight excluding hydrogens is 268 g/mol. The Morgan fingerprint density at radius 2 is 1.79 bits per heavy atom. The standard InChI is InChI=1S/C15H14ClF2N/c1-19-15(11-3-2-4-12(16)8-11)7-10-5-13(17)9-14(18)6-10/h2-6,8-9,15,19H,7H2,1H3. The van der Waals surface area contributed by atoms with Crippen LogP contribution in [-0.4, -0.2) is 7.05 Å². The smallest absolute Gasteiger partial charge is 0.126 e. The lowest BCUT2D eigenvalue weighted by atomic mass is 9.99. The van der Waals surface area contributed by atoms with Gasteiger partial charge in [0.05, 0.1) is 0 Å². The average molecular weight is 282 g/mol. The predicted octanol–water partition coefficient (Wildman–Crippen LogP) is 4.12. The summed E-state index contributed by atoms with van der Waals surface area (Å²) in [6.07, 6.45) is 0.492. The fraction of sp³-hybridized carbons (Fsp3) is 0.200. The molecule has 0 saturated heterocycles. The molecule has 19 heavy (non-hydrogen) atoms. The first kappa shape index (κ1) is 14.0. The van der Waals surface area contributed by atoms with E-state index in [1.54, 1.807) is 13.1 Å². The lowest BCUT2D eigenvalue weighted by molar-refractivity contribution is 0.562. The third kappa shape index (κ3) is 3.75. The maximum Gasteiger partial charge on any atom is 0.126 e. The quantitative estimate of drug-likeness (QED) is 0.889. The number of rotatable bonds is 4. The predicted molar refractivity (Wildman–Crippen MR) is 73.3 cm³/mol. The van der Waals surface area contributed by atoms with E-state index in [1.807, 2.05) is 18.2 Å². The Balaban J connectivity index is 2.23. The van der Waals surface area contributed by atoms with Crippen LogP contribution >= 0.6 is 11.6 Å². The molecule has 100 valence electrons. The minimum absolute atomic E-state index is 0.0418. The molecule has 2 aromatic rings. The van der Waals surface area contributed by atoms with E-state index in [1.165, 1.54) is 12.1 Å². The Morgan fingerprint density at radius 1 is 1.11 bits per heavy atom. The van der Waals surface area contributed by atoms with Crippen molar-refractivity contribution in [3.8, 4) is 0 Å². The van der Waals surface area contributed by atoms with Crippen LogP contribution in [0.4, 0.5) is 8.78 Å². The van der Waals surface area contributed by atoms with E-state index in [0.717, 1.165) is 11.6 Å². The summed E-state index contributed by atoms with van der Waals surface area (Å²) in [4.78, 5) is 0. The zero-order chi connectivity index (χ0) is 13.8. The van der Waals surface area contributed by atoms with Crippen LogP contribution < -0.4 is 5.32 Å². The van der Waals surface area contributed by atoms with Crippen molar-refractivity contribution in [2.24, 2.45) is 0 Å². The minimum Gasteiger partial charge on any atom is -0.313 e. The van der Waals surface area contributed by atoms with Crippen molar-refractivity contribution in [2.45, 2.75) is 12.5 Å². The van der Waals surface area contributed by atoms with Crippen molar-refractivity contribution in [1.82, 2.24) is 5.32 Å². The highest BCUT2D eigenvalue weighted by Crippen LogP contribution is 2.22. The molecule has 4 heteroatoms. The molecule has 0 bridgehead atoms. The van der Waals surface area contributed by atoms with Gasteiger partial charge in [0.1, 0.15) is 11.6 Å². The van der Waals surface area contributed by atoms with E-state index in [0.29, 0.717) is 17.0 Å². The van der Waals surface area contributed by atoms with Gasteiger partial charge in [-0.2, -0.15) is 0 Å². The molecule has 0 heterocycles. The van der Waals surface area contributed by atoms with Gasteiger partial charge >= 0.3 is 0 Å². The molecule has 2 rings (SSSR count). The Kier molecular flexibility index (Phi) is 4.51. The van der Waals surface area contributed by atoms with Crippen molar-refractivity contribution < 1.29 is 8.78 Å². The van der Waals surface area contributed by atoms with Gasteiger partial charge in [-0.25, -0.2) is 8.78 Å². The fourth-order valence-electron chi connectivity index (χ4n) is 2.07. The Morgan fingerprint density at radius 3 is 2.37 bits per heavy atom. The lowest BCUT2D eigenvalue weighted by Gasteiger charge is -2.17. The van der Waals surface area contributed by atoms with Gasteiger partial charge in [-0.05, 0) is 48.9 Å². The van der Waals surface area contributed by atoms with Crippen molar-refractivity contribution in [2.75, 3.05) is 7.05 Å². The van der Waals surface area contributed by atoms with Gasteiger partial charge < -0.3 is 5.32 Å². The molecule has 0 saturated carbocycles. The summed E-state index contributed by atoms with van der Waals surface area (Å²) in [5, 5.41) is 3.77. The van der Waals surface area contributed by atoms with E-state index in [-0.39, 0.29) is 6.04 Å². The first-order valence-electron chi connectivity index (χ1n) is 5.96. The van der Waals surface area contributed by atoms with Crippen LogP contribution in [0.3, 0.4) is 0 Å². The molecule has 0 aliphatic rings. The highest BCUT2D eigenvalue weighted by atomic mass is 35.5. The largest absolute Gasteiger partial charge is 0.313 e. The van der Waals surface area contributed by atoms with E-state index in [4.69, 9.17) is 11.6 Å². The second-order valence-corrected chi connectivity index (χ2v) is 4.81. The molecule has 1 N–H and O–H groups in total. The van der Waals surface area contributed by atoms with Crippen LogP contribution in [0.5, 0.6) is 0 Å². The summed E-state index contributed by atoms with van der Waals surface area (Å²) in [7, 11) is 1.81. The zero-order valence-electron chi connectivity index (χ0n) is 10.5. The molecule has 0 radical (unpaired) electrons. The SMILES string of the molecule is CNC(Cc1cc(F)cc(F)c1)c1cccc(Cl)c1. The number of hydrogen-bond acceptors (Lipinski definition) is 1. The van der Waals surface area contributed by atoms with Crippen LogP contribution in [0, 0.1) is 11.6 Å². The topological polar surface area (TPSA) is 12.0 Å². The van der Waals surface area contributed by atoms with Crippen LogP contribution in [0.15, 0.2) is 42.5 Å². The third-order valence-electron chi connectivity index (χ3n) is 2.96. The highest BCUT2D eigenvalue weighted by Gasteiger charge is 2.12. The molecule has 2 aromatic carbocycles. The average Bonchev–Trinajstić information content (AvgIpc) is 2.34. The molecule has 1 unspecified atom stereocenters. The van der Waals surface area contributed by atoms with E-state index in [2.05, 4.69) is 5.32 Å². The summed E-state index contributed by atoms with van der Waals surface area (Å²) in [5.74, 6) is -1.12. The van der Waals surface area contributed by atoms with Crippen molar-refractivity contribution in [1.29, 1.82) is 0 Å². The number of hydrogen-bond donors (Lipinski definition) is 1. The first-order valence-corrected chi connectivity index (χ1v) is 6.34. The van der Waals surface area contributed by atoms with Crippen LogP contribution in [0.2, 0.25) is 5.02 Å². The van der Waals surface area contributed by atoms with E-state index in [9.17, 15) is 8.78 Å². The maximum absolute atomic E-state index is 13.2. The summed E-state index contributed by atoms with van der Waals surface area (Å²) in [5.41, 5.74) is 1.59. The number of nitrogens with one attached hydrogen (secondary N) is 1. The second kappa shape index (κ2) is 6.13. The number of benzene rings is 2. The van der Waals surface area contributed by atoms with Crippen LogP contribution in [0.25, 0.3) is 0 Å². The van der Waals surface area contributed by atoms with Gasteiger partial charge in [-0.1, -0.05) is 23.7 Å². The monoisotopic (exact) mass is 281 g/mol. The molecule has 0 amide bonds. The Hall–Kier alpha value is -1.45. The molecule has 1 nitrogen and oxygen atoms in total. The van der Waals surface area contributed by atoms with E-state index >= 15 is 0 Å². The molecule has 0 aromatic heterocycles. The molecule has 0 fully saturated rings. The second-order valence-electron chi connectivity index (χ2n) is 4.38. The molecule has 1 atom stereocenters. The summed E-state index contributed by atoms with van der Waals surface area (Å²) in [6.45, 7) is 0. The number of likely N-dealkylation sites (N-methyl/N-ethyl adjacent to an activating group) is 1. The molecule has 0 aliphatic carbocycles. The van der Waals surface area contributed by atoms with Gasteiger partial charge in [0.15, 0.2) is 0 Å². The summed E-state index contributed by atoms with van der Waals surface area (Å²) in [6, 6.07) is 10.9. The van der Waals surface area contributed by atoms with Crippen LogP contribution in [-0.2, 0) is 6.42 Å². The molecule has 0 spiro atoms. The van der Waals surface area contributed by atoms with Gasteiger partial charge in [-0.3, -0.25) is 0 Å². The lowest BCUT2D eigenvalue weighted by Crippen LogP contribution is -2.19. The minimum atomic E-state index is -0.559. The van der Waals surface area contributed by atoms with Crippen molar-refractivity contribution in [3.63, 3.8) is 0 Å². The third-order valence-corrected chi connectivity index (χ3v) is 3.20. The maximum atomic E-state index is 13.2. The molecule has 0 aliphatic heterocycles. The Bertz CT molecular complexity index is 552. The zero-order valence-corrected chi connectivity index (χ0v) is 11.2. The highest BCUT2D eigenvalue weighted by molar-refractivity contribution is 6.30. The number of halogens is 3. The van der Waals surface area contributed by atoms with Gasteiger partial charge in [0, 0.05) is 17.1 Å². The summed E-state index contributed by atoms with van der Waals surface area (Å²) >= 11 is 5.95. The fourth-order valence-corrected chi connectivity index (χ4v) is 2.27. The van der Waals surface area contributed by atoms with Crippen LogP contribution in [0.1, 0.15) is 17.2 Å². The van der Waals surface area contributed by atoms with Gasteiger partial charge in [0.25, 0.3) is 0 Å². The summed E-state index contributed by atoms with van der Waals surface area (Å²) < 4.78 is 26.3.